The zero-order valence-electron chi connectivity index (χ0n) is 10.5. The molecule has 2 rings (SSSR count). The Morgan fingerprint density at radius 2 is 1.84 bits per heavy atom. The van der Waals surface area contributed by atoms with Crippen LogP contribution in [0.3, 0.4) is 0 Å². The van der Waals surface area contributed by atoms with Crippen LogP contribution >= 0.6 is 0 Å². The van der Waals surface area contributed by atoms with Gasteiger partial charge in [0, 0.05) is 32.1 Å². The standard InChI is InChI=1S/C10H18BF3N2O3/c12-9-8(15-3-5-19-6-4-15)1-2-16(7-11(17)18)10(9,13)14/h8-9,17-18H,1-7H2. The Balaban J connectivity index is 2.03. The molecule has 2 heterocycles. The number of alkyl halides is 3. The fraction of sp³-hybridized carbons (Fsp3) is 1.00. The van der Waals surface area contributed by atoms with Crippen molar-refractivity contribution in [1.29, 1.82) is 0 Å². The molecule has 0 radical (unpaired) electrons. The quantitative estimate of drug-likeness (QED) is 0.531. The lowest BCUT2D eigenvalue weighted by Crippen LogP contribution is -2.64. The molecule has 2 fully saturated rings. The maximum absolute atomic E-state index is 14.1. The van der Waals surface area contributed by atoms with Gasteiger partial charge in [-0.15, -0.1) is 0 Å². The van der Waals surface area contributed by atoms with Crippen LogP contribution in [0.1, 0.15) is 6.42 Å². The third-order valence-electron chi connectivity index (χ3n) is 3.68. The zero-order chi connectivity index (χ0) is 14.0. The van der Waals surface area contributed by atoms with Gasteiger partial charge in [-0.1, -0.05) is 0 Å². The predicted molar refractivity (Wildman–Crippen MR) is 62.4 cm³/mol. The molecular formula is C10H18BF3N2O3. The molecule has 2 saturated heterocycles. The lowest BCUT2D eigenvalue weighted by atomic mass is 9.88. The van der Waals surface area contributed by atoms with Crippen LogP contribution in [0, 0.1) is 0 Å². The molecule has 0 aliphatic carbocycles. The molecule has 0 aromatic rings. The summed E-state index contributed by atoms with van der Waals surface area (Å²) in [7, 11) is -1.89. The summed E-state index contributed by atoms with van der Waals surface area (Å²) in [4.78, 5) is 2.19. The summed E-state index contributed by atoms with van der Waals surface area (Å²) in [5.41, 5.74) is 0. The van der Waals surface area contributed by atoms with Crippen LogP contribution < -0.4 is 0 Å². The number of piperidine rings is 1. The molecule has 19 heavy (non-hydrogen) atoms. The van der Waals surface area contributed by atoms with Crippen molar-refractivity contribution >= 4 is 7.12 Å². The molecule has 0 aromatic carbocycles. The summed E-state index contributed by atoms with van der Waals surface area (Å²) in [5, 5.41) is 17.5. The molecule has 0 bridgehead atoms. The Hall–Kier alpha value is -0.345. The molecule has 0 aromatic heterocycles. The first-order valence-corrected chi connectivity index (χ1v) is 6.38. The molecule has 2 aliphatic rings. The summed E-state index contributed by atoms with van der Waals surface area (Å²) >= 11 is 0. The minimum absolute atomic E-state index is 0.0624. The van der Waals surface area contributed by atoms with Crippen molar-refractivity contribution in [3.63, 3.8) is 0 Å². The molecular weight excluding hydrogens is 264 g/mol. The van der Waals surface area contributed by atoms with Gasteiger partial charge in [0.05, 0.1) is 13.2 Å². The van der Waals surface area contributed by atoms with Crippen molar-refractivity contribution in [2.45, 2.75) is 24.7 Å². The predicted octanol–water partition coefficient (Wildman–Crippen LogP) is -0.664. The zero-order valence-corrected chi connectivity index (χ0v) is 10.5. The summed E-state index contributed by atoms with van der Waals surface area (Å²) < 4.78 is 47.0. The van der Waals surface area contributed by atoms with Crippen molar-refractivity contribution in [1.82, 2.24) is 9.80 Å². The number of halogens is 3. The highest BCUT2D eigenvalue weighted by molar-refractivity contribution is 6.41. The van der Waals surface area contributed by atoms with Crippen molar-refractivity contribution in [3.8, 4) is 0 Å². The Bertz CT molecular complexity index is 306. The van der Waals surface area contributed by atoms with Crippen molar-refractivity contribution < 1.29 is 28.0 Å². The van der Waals surface area contributed by atoms with E-state index in [2.05, 4.69) is 0 Å². The van der Waals surface area contributed by atoms with Gasteiger partial charge in [0.1, 0.15) is 0 Å². The van der Waals surface area contributed by atoms with E-state index in [9.17, 15) is 13.2 Å². The second kappa shape index (κ2) is 5.96. The Kier molecular flexibility index (Phi) is 4.72. The molecule has 5 nitrogen and oxygen atoms in total. The molecule has 0 saturated carbocycles. The van der Waals surface area contributed by atoms with Gasteiger partial charge in [-0.2, -0.15) is 8.78 Å². The molecule has 110 valence electrons. The molecule has 2 aliphatic heterocycles. The molecule has 2 unspecified atom stereocenters. The highest BCUT2D eigenvalue weighted by Gasteiger charge is 2.55. The number of rotatable bonds is 3. The molecule has 9 heteroatoms. The first kappa shape index (κ1) is 15.1. The van der Waals surface area contributed by atoms with Crippen LogP contribution in [0.2, 0.25) is 0 Å². The average molecular weight is 282 g/mol. The van der Waals surface area contributed by atoms with E-state index >= 15 is 0 Å². The first-order valence-electron chi connectivity index (χ1n) is 6.38. The SMILES string of the molecule is OB(O)CN1CCC(N2CCOCC2)C(F)C1(F)F. The van der Waals surface area contributed by atoms with Gasteiger partial charge < -0.3 is 14.8 Å². The van der Waals surface area contributed by atoms with Gasteiger partial charge in [0.2, 0.25) is 0 Å². The smallest absolute Gasteiger partial charge is 0.426 e. The maximum Gasteiger partial charge on any atom is 0.466 e. The van der Waals surface area contributed by atoms with E-state index in [1.165, 1.54) is 0 Å². The van der Waals surface area contributed by atoms with Gasteiger partial charge in [0.25, 0.3) is 0 Å². The van der Waals surface area contributed by atoms with E-state index in [1.807, 2.05) is 0 Å². The molecule has 2 N–H and O–H groups in total. The van der Waals surface area contributed by atoms with Gasteiger partial charge in [-0.25, -0.2) is 9.29 Å². The van der Waals surface area contributed by atoms with Crippen molar-refractivity contribution in [2.75, 3.05) is 39.3 Å². The normalized spacial score (nSPS) is 33.3. The van der Waals surface area contributed by atoms with Crippen molar-refractivity contribution in [2.24, 2.45) is 0 Å². The van der Waals surface area contributed by atoms with Crippen LogP contribution in [0.5, 0.6) is 0 Å². The number of nitrogens with zero attached hydrogens (tertiary/aromatic N) is 2. The highest BCUT2D eigenvalue weighted by Crippen LogP contribution is 2.36. The molecule has 0 amide bonds. The lowest BCUT2D eigenvalue weighted by Gasteiger charge is -2.46. The number of likely N-dealkylation sites (tertiary alicyclic amines) is 1. The van der Waals surface area contributed by atoms with Gasteiger partial charge in [0.15, 0.2) is 6.17 Å². The van der Waals surface area contributed by atoms with E-state index in [-0.39, 0.29) is 13.0 Å². The van der Waals surface area contributed by atoms with E-state index < -0.39 is 31.8 Å². The van der Waals surface area contributed by atoms with Crippen LogP contribution in [-0.2, 0) is 4.74 Å². The van der Waals surface area contributed by atoms with Gasteiger partial charge in [-0.3, -0.25) is 4.90 Å². The Morgan fingerprint density at radius 1 is 1.21 bits per heavy atom. The highest BCUT2D eigenvalue weighted by atomic mass is 19.3. The third kappa shape index (κ3) is 3.22. The summed E-state index contributed by atoms with van der Waals surface area (Å²) in [6.07, 6.45) is -2.75. The van der Waals surface area contributed by atoms with Crippen molar-refractivity contribution in [3.05, 3.63) is 0 Å². The minimum atomic E-state index is -3.68. The van der Waals surface area contributed by atoms with E-state index in [4.69, 9.17) is 14.8 Å². The first-order chi connectivity index (χ1) is 8.93. The minimum Gasteiger partial charge on any atom is -0.426 e. The Labute approximate surface area is 110 Å². The average Bonchev–Trinajstić information content (AvgIpc) is 2.36. The van der Waals surface area contributed by atoms with E-state index in [0.717, 1.165) is 0 Å². The van der Waals surface area contributed by atoms with Gasteiger partial charge >= 0.3 is 13.2 Å². The summed E-state index contributed by atoms with van der Waals surface area (Å²) in [6, 6.07) is -4.52. The second-order valence-electron chi connectivity index (χ2n) is 4.92. The lowest BCUT2D eigenvalue weighted by molar-refractivity contribution is -0.227. The molecule has 2 atom stereocenters. The largest absolute Gasteiger partial charge is 0.466 e. The molecule has 0 spiro atoms. The van der Waals surface area contributed by atoms with Gasteiger partial charge in [-0.05, 0) is 6.42 Å². The number of hydrogen-bond donors (Lipinski definition) is 2. The second-order valence-corrected chi connectivity index (χ2v) is 4.92. The monoisotopic (exact) mass is 282 g/mol. The van der Waals surface area contributed by atoms with Crippen LogP contribution in [0.15, 0.2) is 0 Å². The number of morpholine rings is 1. The van der Waals surface area contributed by atoms with E-state index in [0.29, 0.717) is 31.2 Å². The third-order valence-corrected chi connectivity index (χ3v) is 3.68. The topological polar surface area (TPSA) is 56.2 Å². The van der Waals surface area contributed by atoms with Crippen LogP contribution in [0.25, 0.3) is 0 Å². The number of ether oxygens (including phenoxy) is 1. The fourth-order valence-electron chi connectivity index (χ4n) is 2.68. The Morgan fingerprint density at radius 3 is 2.42 bits per heavy atom. The van der Waals surface area contributed by atoms with Crippen LogP contribution in [-0.4, -0.2) is 84.5 Å². The fourth-order valence-corrected chi connectivity index (χ4v) is 2.68. The maximum atomic E-state index is 14.1. The summed E-state index contributed by atoms with van der Waals surface area (Å²) in [6.45, 7) is 1.68. The van der Waals surface area contributed by atoms with Crippen LogP contribution in [0.4, 0.5) is 13.2 Å². The summed E-state index contributed by atoms with van der Waals surface area (Å²) in [5.74, 6) is 0. The number of hydrogen-bond acceptors (Lipinski definition) is 5. The van der Waals surface area contributed by atoms with E-state index in [1.54, 1.807) is 4.90 Å².